The van der Waals surface area contributed by atoms with Gasteiger partial charge in [0.05, 0.1) is 5.69 Å². The van der Waals surface area contributed by atoms with E-state index in [0.29, 0.717) is 5.69 Å². The third-order valence-corrected chi connectivity index (χ3v) is 3.35. The van der Waals surface area contributed by atoms with Gasteiger partial charge in [0.1, 0.15) is 23.1 Å². The third-order valence-electron chi connectivity index (χ3n) is 3.35. The van der Waals surface area contributed by atoms with E-state index < -0.39 is 34.8 Å². The number of para-hydroxylation sites is 1. The summed E-state index contributed by atoms with van der Waals surface area (Å²) in [6.45, 7) is 1.57. The second kappa shape index (κ2) is 6.95. The van der Waals surface area contributed by atoms with E-state index >= 15 is 0 Å². The van der Waals surface area contributed by atoms with Crippen molar-refractivity contribution in [1.82, 2.24) is 9.97 Å². The van der Waals surface area contributed by atoms with Crippen LogP contribution < -0.4 is 10.6 Å². The van der Waals surface area contributed by atoms with Gasteiger partial charge in [-0.15, -0.1) is 0 Å². The first-order valence-corrected chi connectivity index (χ1v) is 7.32. The van der Waals surface area contributed by atoms with Crippen LogP contribution in [-0.4, -0.2) is 9.97 Å². The number of anilines is 4. The van der Waals surface area contributed by atoms with Crippen molar-refractivity contribution in [3.05, 3.63) is 71.2 Å². The summed E-state index contributed by atoms with van der Waals surface area (Å²) in [7, 11) is 0. The van der Waals surface area contributed by atoms with Crippen molar-refractivity contribution in [2.45, 2.75) is 6.92 Å². The van der Waals surface area contributed by atoms with Crippen LogP contribution in [0.4, 0.5) is 45.1 Å². The molecule has 0 spiro atoms. The lowest BCUT2D eigenvalue weighted by Gasteiger charge is -2.11. The molecule has 0 radical (unpaired) electrons. The number of hydrogen-bond acceptors (Lipinski definition) is 4. The molecule has 0 fully saturated rings. The minimum atomic E-state index is -1.63. The van der Waals surface area contributed by atoms with E-state index in [1.165, 1.54) is 12.1 Å². The van der Waals surface area contributed by atoms with Crippen molar-refractivity contribution in [3.8, 4) is 0 Å². The molecule has 0 aliphatic carbocycles. The summed E-state index contributed by atoms with van der Waals surface area (Å²) in [5, 5.41) is 4.88. The molecular weight excluding hydrogens is 355 g/mol. The number of rotatable bonds is 4. The normalized spacial score (nSPS) is 10.7. The van der Waals surface area contributed by atoms with Gasteiger partial charge >= 0.3 is 0 Å². The molecule has 0 saturated carbocycles. The van der Waals surface area contributed by atoms with Crippen molar-refractivity contribution >= 4 is 23.1 Å². The molecule has 26 heavy (non-hydrogen) atoms. The second-order valence-electron chi connectivity index (χ2n) is 5.29. The maximum absolute atomic E-state index is 13.8. The van der Waals surface area contributed by atoms with Crippen LogP contribution in [0.1, 0.15) is 5.69 Å². The van der Waals surface area contributed by atoms with E-state index in [1.807, 2.05) is 0 Å². The molecule has 2 N–H and O–H groups in total. The number of benzene rings is 2. The highest BCUT2D eigenvalue weighted by molar-refractivity contribution is 5.61. The summed E-state index contributed by atoms with van der Waals surface area (Å²) < 4.78 is 67.5. The molecule has 0 amide bonds. The van der Waals surface area contributed by atoms with Crippen LogP contribution in [-0.2, 0) is 0 Å². The molecule has 1 heterocycles. The van der Waals surface area contributed by atoms with E-state index in [2.05, 4.69) is 20.6 Å². The first-order chi connectivity index (χ1) is 12.3. The van der Waals surface area contributed by atoms with Crippen LogP contribution in [0.5, 0.6) is 0 Å². The van der Waals surface area contributed by atoms with E-state index in [0.717, 1.165) is 24.3 Å². The Kier molecular flexibility index (Phi) is 4.70. The van der Waals surface area contributed by atoms with Crippen molar-refractivity contribution in [1.29, 1.82) is 0 Å². The topological polar surface area (TPSA) is 49.8 Å². The smallest absolute Gasteiger partial charge is 0.229 e. The SMILES string of the molecule is Cc1cc(Nc2ccc(F)c(F)c2F)nc(Nc2c(F)cccc2F)n1. The Morgan fingerprint density at radius 3 is 2.15 bits per heavy atom. The van der Waals surface area contributed by atoms with Gasteiger partial charge in [0.15, 0.2) is 17.5 Å². The van der Waals surface area contributed by atoms with E-state index in [9.17, 15) is 22.0 Å². The molecule has 0 saturated heterocycles. The van der Waals surface area contributed by atoms with Gasteiger partial charge < -0.3 is 10.6 Å². The molecule has 2 aromatic carbocycles. The number of nitrogens with zero attached hydrogens (tertiary/aromatic N) is 2. The van der Waals surface area contributed by atoms with Crippen molar-refractivity contribution in [2.75, 3.05) is 10.6 Å². The van der Waals surface area contributed by atoms with E-state index in [1.54, 1.807) is 6.92 Å². The zero-order chi connectivity index (χ0) is 18.8. The van der Waals surface area contributed by atoms with Crippen LogP contribution in [0.2, 0.25) is 0 Å². The number of aromatic nitrogens is 2. The third kappa shape index (κ3) is 3.56. The van der Waals surface area contributed by atoms with Crippen molar-refractivity contribution in [3.63, 3.8) is 0 Å². The fourth-order valence-corrected chi connectivity index (χ4v) is 2.18. The lowest BCUT2D eigenvalue weighted by atomic mass is 10.2. The van der Waals surface area contributed by atoms with Gasteiger partial charge in [0.2, 0.25) is 5.95 Å². The van der Waals surface area contributed by atoms with E-state index in [4.69, 9.17) is 0 Å². The largest absolute Gasteiger partial charge is 0.338 e. The predicted molar refractivity (Wildman–Crippen MR) is 86.0 cm³/mol. The molecule has 3 rings (SSSR count). The van der Waals surface area contributed by atoms with Crippen LogP contribution >= 0.6 is 0 Å². The molecule has 1 aromatic heterocycles. The maximum Gasteiger partial charge on any atom is 0.229 e. The highest BCUT2D eigenvalue weighted by atomic mass is 19.2. The number of nitrogens with one attached hydrogen (secondary N) is 2. The Morgan fingerprint density at radius 2 is 1.46 bits per heavy atom. The van der Waals surface area contributed by atoms with Gasteiger partial charge in [0, 0.05) is 11.8 Å². The van der Waals surface area contributed by atoms with Crippen LogP contribution in [0.15, 0.2) is 36.4 Å². The van der Waals surface area contributed by atoms with Gasteiger partial charge in [-0.1, -0.05) is 6.07 Å². The Hall–Kier alpha value is -3.23. The van der Waals surface area contributed by atoms with Crippen molar-refractivity contribution < 1.29 is 22.0 Å². The van der Waals surface area contributed by atoms with Crippen LogP contribution in [0.25, 0.3) is 0 Å². The lowest BCUT2D eigenvalue weighted by molar-refractivity contribution is 0.449. The summed E-state index contributed by atoms with van der Waals surface area (Å²) in [6, 6.07) is 6.45. The Balaban J connectivity index is 1.92. The Morgan fingerprint density at radius 1 is 0.769 bits per heavy atom. The van der Waals surface area contributed by atoms with Gasteiger partial charge in [-0.05, 0) is 31.2 Å². The van der Waals surface area contributed by atoms with Gasteiger partial charge in [-0.25, -0.2) is 26.9 Å². The standard InChI is InChI=1S/C17H11F5N4/c1-8-7-13(24-12-6-5-9(18)14(21)15(12)22)25-17(23-8)26-16-10(19)3-2-4-11(16)20/h2-7H,1H3,(H2,23,24,25,26). The molecule has 9 heteroatoms. The van der Waals surface area contributed by atoms with E-state index in [-0.39, 0.29) is 17.5 Å². The summed E-state index contributed by atoms with van der Waals surface area (Å²) in [6.07, 6.45) is 0. The zero-order valence-electron chi connectivity index (χ0n) is 13.2. The molecule has 0 unspecified atom stereocenters. The highest BCUT2D eigenvalue weighted by Gasteiger charge is 2.15. The molecule has 0 aliphatic heterocycles. The minimum absolute atomic E-state index is 0.0154. The molecule has 134 valence electrons. The highest BCUT2D eigenvalue weighted by Crippen LogP contribution is 2.25. The predicted octanol–water partition coefficient (Wildman–Crippen LogP) is 4.97. The average molecular weight is 366 g/mol. The summed E-state index contributed by atoms with van der Waals surface area (Å²) in [5.41, 5.74) is -0.433. The number of aryl methyl sites for hydroxylation is 1. The lowest BCUT2D eigenvalue weighted by Crippen LogP contribution is -2.06. The second-order valence-corrected chi connectivity index (χ2v) is 5.29. The fraction of sp³-hybridized carbons (Fsp3) is 0.0588. The monoisotopic (exact) mass is 366 g/mol. The Labute approximate surface area is 144 Å². The summed E-state index contributed by atoms with van der Waals surface area (Å²) in [5.74, 6) is -6.23. The number of hydrogen-bond donors (Lipinski definition) is 2. The molecule has 0 atom stereocenters. The van der Waals surface area contributed by atoms with Gasteiger partial charge in [-0.2, -0.15) is 4.98 Å². The zero-order valence-corrected chi connectivity index (χ0v) is 13.2. The summed E-state index contributed by atoms with van der Waals surface area (Å²) in [4.78, 5) is 7.93. The molecule has 3 aromatic rings. The minimum Gasteiger partial charge on any atom is -0.338 e. The first kappa shape index (κ1) is 17.6. The summed E-state index contributed by atoms with van der Waals surface area (Å²) >= 11 is 0. The average Bonchev–Trinajstić information content (AvgIpc) is 2.58. The first-order valence-electron chi connectivity index (χ1n) is 7.32. The number of halogens is 5. The van der Waals surface area contributed by atoms with Gasteiger partial charge in [0.25, 0.3) is 0 Å². The molecule has 0 bridgehead atoms. The maximum atomic E-state index is 13.8. The fourth-order valence-electron chi connectivity index (χ4n) is 2.18. The molecule has 0 aliphatic rings. The quantitative estimate of drug-likeness (QED) is 0.506. The van der Waals surface area contributed by atoms with Gasteiger partial charge in [-0.3, -0.25) is 0 Å². The van der Waals surface area contributed by atoms with Crippen molar-refractivity contribution in [2.24, 2.45) is 0 Å². The molecular formula is C17H11F5N4. The Bertz CT molecular complexity index is 957. The van der Waals surface area contributed by atoms with Crippen LogP contribution in [0, 0.1) is 36.0 Å². The van der Waals surface area contributed by atoms with Crippen LogP contribution in [0.3, 0.4) is 0 Å². The molecule has 4 nitrogen and oxygen atoms in total.